The lowest BCUT2D eigenvalue weighted by atomic mass is 9.82. The van der Waals surface area contributed by atoms with E-state index in [0.29, 0.717) is 36.1 Å². The third kappa shape index (κ3) is 4.19. The fourth-order valence-electron chi connectivity index (χ4n) is 2.50. The fourth-order valence-corrected chi connectivity index (χ4v) is 3.07. The number of carbonyl (C=O) groups is 2. The summed E-state index contributed by atoms with van der Waals surface area (Å²) in [5, 5.41) is 14.1. The van der Waals surface area contributed by atoms with Crippen molar-refractivity contribution in [2.45, 2.75) is 32.1 Å². The van der Waals surface area contributed by atoms with Crippen LogP contribution in [0.3, 0.4) is 0 Å². The van der Waals surface area contributed by atoms with Gasteiger partial charge in [0.25, 0.3) is 0 Å². The van der Waals surface area contributed by atoms with E-state index in [1.54, 1.807) is 5.38 Å². The summed E-state index contributed by atoms with van der Waals surface area (Å²) in [6.07, 6.45) is 3.39. The third-order valence-corrected chi connectivity index (χ3v) is 4.42. The van der Waals surface area contributed by atoms with E-state index in [9.17, 15) is 9.59 Å². The monoisotopic (exact) mass is 297 g/mol. The van der Waals surface area contributed by atoms with Gasteiger partial charge in [-0.1, -0.05) is 0 Å². The summed E-state index contributed by atoms with van der Waals surface area (Å²) in [6, 6.07) is 0. The summed E-state index contributed by atoms with van der Waals surface area (Å²) in [6.45, 7) is 0.616. The molecule has 0 saturated heterocycles. The molecule has 7 heteroatoms. The molecular weight excluding hydrogens is 278 g/mol. The van der Waals surface area contributed by atoms with Crippen molar-refractivity contribution in [2.24, 2.45) is 11.8 Å². The van der Waals surface area contributed by atoms with Crippen LogP contribution in [0.25, 0.3) is 0 Å². The van der Waals surface area contributed by atoms with E-state index in [4.69, 9.17) is 10.8 Å². The molecule has 0 unspecified atom stereocenters. The molecule has 1 aliphatic carbocycles. The van der Waals surface area contributed by atoms with Crippen LogP contribution in [-0.2, 0) is 16.0 Å². The average molecular weight is 297 g/mol. The minimum atomic E-state index is -0.700. The van der Waals surface area contributed by atoms with Gasteiger partial charge in [0.2, 0.25) is 5.91 Å². The molecule has 1 amide bonds. The Kier molecular flexibility index (Phi) is 4.94. The first kappa shape index (κ1) is 14.8. The van der Waals surface area contributed by atoms with Crippen molar-refractivity contribution < 1.29 is 14.7 Å². The summed E-state index contributed by atoms with van der Waals surface area (Å²) in [7, 11) is 0. The number of amides is 1. The Bertz CT molecular complexity index is 481. The van der Waals surface area contributed by atoms with Crippen LogP contribution in [0.15, 0.2) is 5.38 Å². The lowest BCUT2D eigenvalue weighted by Gasteiger charge is -2.26. The minimum absolute atomic E-state index is 0.0596. The highest BCUT2D eigenvalue weighted by Crippen LogP contribution is 2.28. The zero-order valence-corrected chi connectivity index (χ0v) is 12.0. The van der Waals surface area contributed by atoms with Crippen molar-refractivity contribution in [3.8, 4) is 0 Å². The molecule has 0 spiro atoms. The number of aromatic nitrogens is 1. The maximum Gasteiger partial charge on any atom is 0.306 e. The summed E-state index contributed by atoms with van der Waals surface area (Å²) in [5.74, 6) is -0.584. The summed E-state index contributed by atoms with van der Waals surface area (Å²) >= 11 is 1.33. The predicted octanol–water partition coefficient (Wildman–Crippen LogP) is 1.27. The van der Waals surface area contributed by atoms with Crippen LogP contribution in [0.4, 0.5) is 5.13 Å². The number of carbonyl (C=O) groups excluding carboxylic acids is 1. The molecule has 0 aromatic carbocycles. The number of hydrogen-bond donors (Lipinski definition) is 3. The molecule has 110 valence electrons. The van der Waals surface area contributed by atoms with Crippen LogP contribution >= 0.6 is 11.3 Å². The number of hydrogen-bond acceptors (Lipinski definition) is 5. The first-order valence-corrected chi connectivity index (χ1v) is 7.62. The predicted molar refractivity (Wildman–Crippen MR) is 76.3 cm³/mol. The molecular formula is C13H19N3O3S. The molecule has 0 atom stereocenters. The number of rotatable bonds is 5. The summed E-state index contributed by atoms with van der Waals surface area (Å²) < 4.78 is 0. The number of anilines is 1. The Balaban J connectivity index is 1.68. The van der Waals surface area contributed by atoms with Crippen LogP contribution in [0, 0.1) is 11.8 Å². The second-order valence-electron chi connectivity index (χ2n) is 5.21. The Morgan fingerprint density at radius 1 is 1.40 bits per heavy atom. The van der Waals surface area contributed by atoms with Crippen molar-refractivity contribution in [3.63, 3.8) is 0 Å². The van der Waals surface area contributed by atoms with Crippen LogP contribution in [0.2, 0.25) is 0 Å². The number of nitrogens with one attached hydrogen (secondary N) is 1. The topological polar surface area (TPSA) is 105 Å². The Morgan fingerprint density at radius 2 is 2.10 bits per heavy atom. The highest BCUT2D eigenvalue weighted by atomic mass is 32.1. The van der Waals surface area contributed by atoms with Crippen molar-refractivity contribution in [2.75, 3.05) is 12.3 Å². The normalized spacial score (nSPS) is 22.4. The molecule has 1 aliphatic rings. The van der Waals surface area contributed by atoms with Gasteiger partial charge in [0.15, 0.2) is 5.13 Å². The van der Waals surface area contributed by atoms with Gasteiger partial charge < -0.3 is 16.2 Å². The van der Waals surface area contributed by atoms with Gasteiger partial charge in [-0.3, -0.25) is 9.59 Å². The molecule has 20 heavy (non-hydrogen) atoms. The molecule has 1 saturated carbocycles. The zero-order chi connectivity index (χ0) is 14.5. The van der Waals surface area contributed by atoms with E-state index < -0.39 is 5.97 Å². The Morgan fingerprint density at radius 3 is 2.65 bits per heavy atom. The number of aliphatic carboxylic acids is 1. The van der Waals surface area contributed by atoms with Gasteiger partial charge >= 0.3 is 5.97 Å². The molecule has 1 heterocycles. The second-order valence-corrected chi connectivity index (χ2v) is 6.10. The van der Waals surface area contributed by atoms with Crippen molar-refractivity contribution in [1.82, 2.24) is 10.3 Å². The quantitative estimate of drug-likeness (QED) is 0.759. The molecule has 0 radical (unpaired) electrons. The Labute approximate surface area is 121 Å². The highest BCUT2D eigenvalue weighted by molar-refractivity contribution is 7.13. The maximum absolute atomic E-state index is 11.8. The van der Waals surface area contributed by atoms with Gasteiger partial charge in [-0.25, -0.2) is 4.98 Å². The lowest BCUT2D eigenvalue weighted by Crippen LogP contribution is -2.33. The highest BCUT2D eigenvalue weighted by Gasteiger charge is 2.25. The number of carboxylic acid groups (broad SMARTS) is 1. The summed E-state index contributed by atoms with van der Waals surface area (Å²) in [5.41, 5.74) is 6.20. The first-order valence-electron chi connectivity index (χ1n) is 6.74. The van der Waals surface area contributed by atoms with E-state index >= 15 is 0 Å². The van der Waals surface area contributed by atoms with Crippen LogP contribution < -0.4 is 11.1 Å². The van der Waals surface area contributed by atoms with Gasteiger partial charge in [-0.15, -0.1) is 11.3 Å². The molecule has 1 fully saturated rings. The van der Waals surface area contributed by atoms with Crippen LogP contribution in [-0.4, -0.2) is 28.5 Å². The standard InChI is InChI=1S/C13H19N3O3S/c14-13-16-10(7-20-13)5-11(17)15-6-8-1-3-9(4-2-8)12(18)19/h7-9H,1-6H2,(H2,14,16)(H,15,17)(H,18,19). The van der Waals surface area contributed by atoms with E-state index in [-0.39, 0.29) is 18.2 Å². The van der Waals surface area contributed by atoms with E-state index in [1.165, 1.54) is 11.3 Å². The van der Waals surface area contributed by atoms with Gasteiger partial charge in [0, 0.05) is 11.9 Å². The second kappa shape index (κ2) is 6.69. The van der Waals surface area contributed by atoms with Crippen molar-refractivity contribution >= 4 is 28.3 Å². The number of nitrogens with zero attached hydrogens (tertiary/aromatic N) is 1. The van der Waals surface area contributed by atoms with Crippen LogP contribution in [0.1, 0.15) is 31.4 Å². The molecule has 0 aliphatic heterocycles. The van der Waals surface area contributed by atoms with Crippen LogP contribution in [0.5, 0.6) is 0 Å². The molecule has 6 nitrogen and oxygen atoms in total. The minimum Gasteiger partial charge on any atom is -0.481 e. The van der Waals surface area contributed by atoms with E-state index in [0.717, 1.165) is 12.8 Å². The zero-order valence-electron chi connectivity index (χ0n) is 11.2. The fraction of sp³-hybridized carbons (Fsp3) is 0.615. The van der Waals surface area contributed by atoms with E-state index in [1.807, 2.05) is 0 Å². The first-order chi connectivity index (χ1) is 9.54. The molecule has 2 rings (SSSR count). The molecule has 0 bridgehead atoms. The molecule has 4 N–H and O–H groups in total. The summed E-state index contributed by atoms with van der Waals surface area (Å²) in [4.78, 5) is 26.6. The smallest absolute Gasteiger partial charge is 0.306 e. The number of nitrogens with two attached hydrogens (primary N) is 1. The van der Waals surface area contributed by atoms with Gasteiger partial charge in [-0.2, -0.15) is 0 Å². The maximum atomic E-state index is 11.8. The average Bonchev–Trinajstić information content (AvgIpc) is 2.82. The molecule has 1 aromatic rings. The van der Waals surface area contributed by atoms with Gasteiger partial charge in [0.1, 0.15) is 0 Å². The number of thiazole rings is 1. The SMILES string of the molecule is Nc1nc(CC(=O)NCC2CCC(C(=O)O)CC2)cs1. The largest absolute Gasteiger partial charge is 0.481 e. The van der Waals surface area contributed by atoms with Gasteiger partial charge in [0.05, 0.1) is 18.0 Å². The van der Waals surface area contributed by atoms with Crippen molar-refractivity contribution in [3.05, 3.63) is 11.1 Å². The molecule has 1 aromatic heterocycles. The third-order valence-electron chi connectivity index (χ3n) is 3.70. The lowest BCUT2D eigenvalue weighted by molar-refractivity contribution is -0.143. The Hall–Kier alpha value is -1.63. The van der Waals surface area contributed by atoms with Crippen molar-refractivity contribution in [1.29, 1.82) is 0 Å². The van der Waals surface area contributed by atoms with E-state index in [2.05, 4.69) is 10.3 Å². The number of carboxylic acids is 1. The van der Waals surface area contributed by atoms with Gasteiger partial charge in [-0.05, 0) is 31.6 Å². The number of nitrogen functional groups attached to an aromatic ring is 1.